The summed E-state index contributed by atoms with van der Waals surface area (Å²) in [5.74, 6) is 1.79. The SMILES string of the molecule is COc1ccc(Nc2nc(N)cn3ccnc23)cc1Br. The third-order valence-electron chi connectivity index (χ3n) is 2.81. The zero-order valence-electron chi connectivity index (χ0n) is 10.7. The molecule has 0 aliphatic rings. The average molecular weight is 334 g/mol. The van der Waals surface area contributed by atoms with Crippen LogP contribution in [0.2, 0.25) is 0 Å². The molecule has 2 aromatic heterocycles. The van der Waals surface area contributed by atoms with Crippen LogP contribution < -0.4 is 15.8 Å². The molecule has 1 aromatic carbocycles. The molecule has 0 saturated carbocycles. The number of rotatable bonds is 3. The number of nitrogens with two attached hydrogens (primary N) is 1. The van der Waals surface area contributed by atoms with E-state index in [0.717, 1.165) is 15.9 Å². The van der Waals surface area contributed by atoms with Crippen molar-refractivity contribution in [2.75, 3.05) is 18.2 Å². The molecule has 2 heterocycles. The molecule has 0 aliphatic carbocycles. The second-order valence-corrected chi connectivity index (χ2v) is 5.00. The van der Waals surface area contributed by atoms with Gasteiger partial charge in [0, 0.05) is 18.1 Å². The topological polar surface area (TPSA) is 77.5 Å². The average Bonchev–Trinajstić information content (AvgIpc) is 2.87. The standard InChI is InChI=1S/C13H12BrN5O/c1-20-10-3-2-8(6-9(10)14)17-12-13-16-4-5-19(13)7-11(15)18-12/h2-7H,15H2,1H3,(H,17,18). The largest absolute Gasteiger partial charge is 0.496 e. The van der Waals surface area contributed by atoms with Gasteiger partial charge in [-0.15, -0.1) is 0 Å². The highest BCUT2D eigenvalue weighted by Crippen LogP contribution is 2.29. The van der Waals surface area contributed by atoms with Crippen molar-refractivity contribution in [1.29, 1.82) is 0 Å². The molecule has 20 heavy (non-hydrogen) atoms. The van der Waals surface area contributed by atoms with Gasteiger partial charge in [-0.2, -0.15) is 0 Å². The summed E-state index contributed by atoms with van der Waals surface area (Å²) < 4.78 is 7.88. The Morgan fingerprint density at radius 3 is 3.00 bits per heavy atom. The summed E-state index contributed by atoms with van der Waals surface area (Å²) >= 11 is 3.45. The maximum atomic E-state index is 5.78. The summed E-state index contributed by atoms with van der Waals surface area (Å²) in [5, 5.41) is 3.21. The van der Waals surface area contributed by atoms with Crippen molar-refractivity contribution in [2.24, 2.45) is 0 Å². The molecule has 0 bridgehead atoms. The fourth-order valence-corrected chi connectivity index (χ4v) is 2.46. The zero-order valence-corrected chi connectivity index (χ0v) is 12.3. The Morgan fingerprint density at radius 2 is 2.25 bits per heavy atom. The number of fused-ring (bicyclic) bond motifs is 1. The van der Waals surface area contributed by atoms with Crippen molar-refractivity contribution in [2.45, 2.75) is 0 Å². The number of nitrogens with one attached hydrogen (secondary N) is 1. The van der Waals surface area contributed by atoms with E-state index in [2.05, 4.69) is 31.2 Å². The highest BCUT2D eigenvalue weighted by Gasteiger charge is 2.08. The highest BCUT2D eigenvalue weighted by atomic mass is 79.9. The summed E-state index contributed by atoms with van der Waals surface area (Å²) in [5.41, 5.74) is 7.36. The minimum absolute atomic E-state index is 0.422. The van der Waals surface area contributed by atoms with Crippen LogP contribution in [-0.4, -0.2) is 21.5 Å². The number of methoxy groups -OCH3 is 1. The van der Waals surface area contributed by atoms with Gasteiger partial charge in [-0.25, -0.2) is 9.97 Å². The smallest absolute Gasteiger partial charge is 0.180 e. The van der Waals surface area contributed by atoms with Crippen LogP contribution in [0.1, 0.15) is 0 Å². The summed E-state index contributed by atoms with van der Waals surface area (Å²) in [6, 6.07) is 5.67. The molecular weight excluding hydrogens is 322 g/mol. The second-order valence-electron chi connectivity index (χ2n) is 4.15. The molecule has 0 unspecified atom stereocenters. The molecule has 0 aliphatic heterocycles. The first kappa shape index (κ1) is 12.7. The predicted molar refractivity (Wildman–Crippen MR) is 81.4 cm³/mol. The van der Waals surface area contributed by atoms with Gasteiger partial charge in [0.1, 0.15) is 11.6 Å². The first-order valence-electron chi connectivity index (χ1n) is 5.87. The Morgan fingerprint density at radius 1 is 1.40 bits per heavy atom. The Labute approximate surface area is 123 Å². The van der Waals surface area contributed by atoms with Crippen molar-refractivity contribution in [3.8, 4) is 5.75 Å². The molecule has 3 rings (SSSR count). The number of hydrogen-bond acceptors (Lipinski definition) is 5. The van der Waals surface area contributed by atoms with E-state index in [4.69, 9.17) is 10.5 Å². The van der Waals surface area contributed by atoms with E-state index in [9.17, 15) is 0 Å². The molecular formula is C13H12BrN5O. The van der Waals surface area contributed by atoms with Crippen molar-refractivity contribution in [3.63, 3.8) is 0 Å². The molecule has 0 atom stereocenters. The van der Waals surface area contributed by atoms with Crippen molar-refractivity contribution in [3.05, 3.63) is 41.3 Å². The van der Waals surface area contributed by atoms with Crippen molar-refractivity contribution in [1.82, 2.24) is 14.4 Å². The molecule has 0 fully saturated rings. The normalized spacial score (nSPS) is 10.7. The van der Waals surface area contributed by atoms with Crippen LogP contribution in [0.25, 0.3) is 5.65 Å². The number of halogens is 1. The lowest BCUT2D eigenvalue weighted by Gasteiger charge is -2.10. The van der Waals surface area contributed by atoms with Gasteiger partial charge in [-0.3, -0.25) is 0 Å². The first-order valence-corrected chi connectivity index (χ1v) is 6.66. The minimum atomic E-state index is 0.422. The van der Waals surface area contributed by atoms with Crippen molar-refractivity contribution >= 4 is 38.9 Å². The first-order chi connectivity index (χ1) is 9.67. The van der Waals surface area contributed by atoms with Crippen LogP contribution in [-0.2, 0) is 0 Å². The summed E-state index contributed by atoms with van der Waals surface area (Å²) in [7, 11) is 1.63. The fourth-order valence-electron chi connectivity index (χ4n) is 1.92. The lowest BCUT2D eigenvalue weighted by molar-refractivity contribution is 0.412. The maximum absolute atomic E-state index is 5.78. The highest BCUT2D eigenvalue weighted by molar-refractivity contribution is 9.10. The molecule has 0 amide bonds. The van der Waals surface area contributed by atoms with Gasteiger partial charge in [-0.1, -0.05) is 0 Å². The zero-order chi connectivity index (χ0) is 14.1. The number of ether oxygens (including phenoxy) is 1. The third-order valence-corrected chi connectivity index (χ3v) is 3.43. The summed E-state index contributed by atoms with van der Waals surface area (Å²) in [4.78, 5) is 8.54. The Balaban J connectivity index is 2.00. The van der Waals surface area contributed by atoms with E-state index >= 15 is 0 Å². The van der Waals surface area contributed by atoms with Crippen LogP contribution in [0.4, 0.5) is 17.3 Å². The lowest BCUT2D eigenvalue weighted by Crippen LogP contribution is -2.02. The van der Waals surface area contributed by atoms with Gasteiger partial charge in [0.15, 0.2) is 11.5 Å². The number of imidazole rings is 1. The van der Waals surface area contributed by atoms with Gasteiger partial charge < -0.3 is 20.2 Å². The summed E-state index contributed by atoms with van der Waals surface area (Å²) in [6.45, 7) is 0. The second kappa shape index (κ2) is 5.01. The number of nitrogens with zero attached hydrogens (tertiary/aromatic N) is 3. The molecule has 6 nitrogen and oxygen atoms in total. The van der Waals surface area contributed by atoms with E-state index in [1.54, 1.807) is 19.5 Å². The van der Waals surface area contributed by atoms with E-state index in [1.165, 1.54) is 0 Å². The molecule has 0 radical (unpaired) electrons. The van der Waals surface area contributed by atoms with E-state index in [1.807, 2.05) is 28.8 Å². The molecule has 7 heteroatoms. The van der Waals surface area contributed by atoms with Crippen LogP contribution in [0, 0.1) is 0 Å². The molecule has 3 N–H and O–H groups in total. The van der Waals surface area contributed by atoms with Gasteiger partial charge in [0.2, 0.25) is 0 Å². The molecule has 0 spiro atoms. The quantitative estimate of drug-likeness (QED) is 0.770. The van der Waals surface area contributed by atoms with Gasteiger partial charge in [0.25, 0.3) is 0 Å². The van der Waals surface area contributed by atoms with Crippen LogP contribution in [0.15, 0.2) is 41.3 Å². The van der Waals surface area contributed by atoms with Gasteiger partial charge >= 0.3 is 0 Å². The number of benzene rings is 1. The van der Waals surface area contributed by atoms with Crippen molar-refractivity contribution < 1.29 is 4.74 Å². The minimum Gasteiger partial charge on any atom is -0.496 e. The lowest BCUT2D eigenvalue weighted by atomic mass is 10.3. The molecule has 102 valence electrons. The number of hydrogen-bond donors (Lipinski definition) is 2. The predicted octanol–water partition coefficient (Wildman–Crippen LogP) is 2.83. The molecule has 0 saturated heterocycles. The van der Waals surface area contributed by atoms with E-state index in [-0.39, 0.29) is 0 Å². The van der Waals surface area contributed by atoms with Gasteiger partial charge in [-0.05, 0) is 34.1 Å². The number of anilines is 3. The third kappa shape index (κ3) is 2.27. The Bertz CT molecular complexity index is 771. The van der Waals surface area contributed by atoms with Crippen LogP contribution in [0.5, 0.6) is 5.75 Å². The molecule has 3 aromatic rings. The van der Waals surface area contributed by atoms with Crippen LogP contribution in [0.3, 0.4) is 0 Å². The number of aromatic nitrogens is 3. The van der Waals surface area contributed by atoms with Crippen LogP contribution >= 0.6 is 15.9 Å². The van der Waals surface area contributed by atoms with E-state index in [0.29, 0.717) is 17.3 Å². The maximum Gasteiger partial charge on any atom is 0.180 e. The van der Waals surface area contributed by atoms with E-state index < -0.39 is 0 Å². The Hall–Kier alpha value is -2.28. The van der Waals surface area contributed by atoms with Gasteiger partial charge in [0.05, 0.1) is 17.8 Å². The number of nitrogen functional groups attached to an aromatic ring is 1. The monoisotopic (exact) mass is 333 g/mol. The Kier molecular flexibility index (Phi) is 3.19. The fraction of sp³-hybridized carbons (Fsp3) is 0.0769. The summed E-state index contributed by atoms with van der Waals surface area (Å²) in [6.07, 6.45) is 5.24.